The molecule has 3 nitrogen and oxygen atoms in total. The molecule has 0 atom stereocenters. The van der Waals surface area contributed by atoms with Crippen LogP contribution in [0.4, 0.5) is 5.69 Å². The van der Waals surface area contributed by atoms with Crippen LogP contribution in [0.15, 0.2) is 24.3 Å². The van der Waals surface area contributed by atoms with Crippen LogP contribution in [-0.4, -0.2) is 25.5 Å². The number of piperidine rings is 1. The highest BCUT2D eigenvalue weighted by atomic mass is 16.2. The van der Waals surface area contributed by atoms with Gasteiger partial charge in [-0.2, -0.15) is 0 Å². The Balaban J connectivity index is 1.88. The van der Waals surface area contributed by atoms with Gasteiger partial charge in [-0.15, -0.1) is 0 Å². The minimum absolute atomic E-state index is 0.136. The van der Waals surface area contributed by atoms with E-state index >= 15 is 0 Å². The molecule has 3 heteroatoms. The smallest absolute Gasteiger partial charge is 0.233 e. The summed E-state index contributed by atoms with van der Waals surface area (Å²) in [6.45, 7) is 4.95. The first-order chi connectivity index (χ1) is 9.27. The summed E-state index contributed by atoms with van der Waals surface area (Å²) in [6, 6.07) is 8.33. The van der Waals surface area contributed by atoms with Crippen LogP contribution in [0.1, 0.15) is 31.7 Å². The number of hydrogen-bond acceptors (Lipinski definition) is 2. The van der Waals surface area contributed by atoms with Gasteiger partial charge in [-0.05, 0) is 50.4 Å². The molecule has 1 amide bonds. The second kappa shape index (κ2) is 4.97. The zero-order valence-corrected chi connectivity index (χ0v) is 11.6. The van der Waals surface area contributed by atoms with E-state index in [1.54, 1.807) is 0 Å². The van der Waals surface area contributed by atoms with Crippen LogP contribution in [0.5, 0.6) is 0 Å². The Hall–Kier alpha value is -1.35. The van der Waals surface area contributed by atoms with Crippen LogP contribution in [0.2, 0.25) is 0 Å². The summed E-state index contributed by atoms with van der Waals surface area (Å²) in [6.07, 6.45) is 3.90. The van der Waals surface area contributed by atoms with Gasteiger partial charge in [0.25, 0.3) is 0 Å². The van der Waals surface area contributed by atoms with E-state index in [1.165, 1.54) is 5.56 Å². The maximum absolute atomic E-state index is 13.0. The van der Waals surface area contributed by atoms with E-state index < -0.39 is 0 Å². The van der Waals surface area contributed by atoms with Crippen LogP contribution < -0.4 is 10.2 Å². The number of carbonyl (C=O) groups excluding carboxylic acids is 1. The Bertz CT molecular complexity index is 477. The number of benzene rings is 1. The predicted molar refractivity (Wildman–Crippen MR) is 77.3 cm³/mol. The van der Waals surface area contributed by atoms with E-state index in [0.29, 0.717) is 5.91 Å². The Morgan fingerprint density at radius 2 is 2.05 bits per heavy atom. The highest BCUT2D eigenvalue weighted by molar-refractivity contribution is 5.99. The fourth-order valence-electron chi connectivity index (χ4n) is 3.46. The van der Waals surface area contributed by atoms with Gasteiger partial charge >= 0.3 is 0 Å². The van der Waals surface area contributed by atoms with Crippen LogP contribution in [-0.2, 0) is 11.2 Å². The van der Waals surface area contributed by atoms with Gasteiger partial charge in [0.15, 0.2) is 0 Å². The van der Waals surface area contributed by atoms with Gasteiger partial charge in [-0.25, -0.2) is 0 Å². The van der Waals surface area contributed by atoms with Crippen molar-refractivity contribution in [1.29, 1.82) is 0 Å². The van der Waals surface area contributed by atoms with Gasteiger partial charge in [-0.3, -0.25) is 4.79 Å². The van der Waals surface area contributed by atoms with Gasteiger partial charge in [0.2, 0.25) is 5.91 Å². The number of nitrogens with zero attached hydrogens (tertiary/aromatic N) is 1. The molecule has 0 bridgehead atoms. The van der Waals surface area contributed by atoms with Crippen LogP contribution >= 0.6 is 0 Å². The molecule has 0 saturated carbocycles. The van der Waals surface area contributed by atoms with Crippen molar-refractivity contribution in [1.82, 2.24) is 5.32 Å². The largest absolute Gasteiger partial charge is 0.317 e. The van der Waals surface area contributed by atoms with Crippen molar-refractivity contribution >= 4 is 11.6 Å². The van der Waals surface area contributed by atoms with Crippen LogP contribution in [0, 0.1) is 5.41 Å². The molecule has 0 aromatic heterocycles. The maximum atomic E-state index is 13.0. The predicted octanol–water partition coefficient (Wildman–Crippen LogP) is 2.36. The third-order valence-corrected chi connectivity index (χ3v) is 4.82. The number of anilines is 1. The number of fused-ring (bicyclic) bond motifs is 1. The van der Waals surface area contributed by atoms with Crippen molar-refractivity contribution in [3.05, 3.63) is 29.8 Å². The second-order valence-electron chi connectivity index (χ2n) is 5.72. The van der Waals surface area contributed by atoms with Gasteiger partial charge in [0.05, 0.1) is 5.41 Å². The standard InChI is InChI=1S/C16H22N2O/c1-2-16(8-10-17-11-9-16)15(19)18-12-7-13-5-3-4-6-14(13)18/h3-6,17H,2,7-12H2,1H3. The lowest BCUT2D eigenvalue weighted by atomic mass is 9.75. The normalized spacial score (nSPS) is 21.2. The Kier molecular flexibility index (Phi) is 3.31. The lowest BCUT2D eigenvalue weighted by Gasteiger charge is -2.38. The number of carbonyl (C=O) groups is 1. The van der Waals surface area contributed by atoms with Gasteiger partial charge in [-0.1, -0.05) is 25.1 Å². The van der Waals surface area contributed by atoms with Crippen molar-refractivity contribution in [2.75, 3.05) is 24.5 Å². The van der Waals surface area contributed by atoms with Gasteiger partial charge in [0, 0.05) is 12.2 Å². The van der Waals surface area contributed by atoms with Gasteiger partial charge in [0.1, 0.15) is 0 Å². The lowest BCUT2D eigenvalue weighted by Crippen LogP contribution is -2.48. The van der Waals surface area contributed by atoms with E-state index in [0.717, 1.165) is 51.0 Å². The number of para-hydroxylation sites is 1. The molecule has 2 aliphatic heterocycles. The Morgan fingerprint density at radius 1 is 1.32 bits per heavy atom. The average Bonchev–Trinajstić information content (AvgIpc) is 2.91. The van der Waals surface area contributed by atoms with Crippen LogP contribution in [0.25, 0.3) is 0 Å². The van der Waals surface area contributed by atoms with E-state index in [2.05, 4.69) is 30.4 Å². The summed E-state index contributed by atoms with van der Waals surface area (Å²) in [5.41, 5.74) is 2.32. The third-order valence-electron chi connectivity index (χ3n) is 4.82. The first kappa shape index (κ1) is 12.7. The fourth-order valence-corrected chi connectivity index (χ4v) is 3.46. The molecule has 2 aliphatic rings. The van der Waals surface area contributed by atoms with E-state index in [9.17, 15) is 4.79 Å². The average molecular weight is 258 g/mol. The Morgan fingerprint density at radius 3 is 2.79 bits per heavy atom. The maximum Gasteiger partial charge on any atom is 0.233 e. The number of hydrogen-bond donors (Lipinski definition) is 1. The Labute approximate surface area is 115 Å². The minimum atomic E-state index is -0.136. The van der Waals surface area contributed by atoms with Crippen LogP contribution in [0.3, 0.4) is 0 Å². The van der Waals surface area contributed by atoms with Crippen molar-refractivity contribution < 1.29 is 4.79 Å². The zero-order chi connectivity index (χ0) is 13.3. The summed E-state index contributed by atoms with van der Waals surface area (Å²) in [7, 11) is 0. The molecule has 3 rings (SSSR count). The van der Waals surface area contributed by atoms with Crippen molar-refractivity contribution in [3.8, 4) is 0 Å². The SMILES string of the molecule is CCC1(C(=O)N2CCc3ccccc32)CCNCC1. The monoisotopic (exact) mass is 258 g/mol. The number of rotatable bonds is 2. The number of nitrogens with one attached hydrogen (secondary N) is 1. The molecular formula is C16H22N2O. The quantitative estimate of drug-likeness (QED) is 0.883. The first-order valence-electron chi connectivity index (χ1n) is 7.37. The van der Waals surface area contributed by atoms with E-state index in [-0.39, 0.29) is 5.41 Å². The lowest BCUT2D eigenvalue weighted by molar-refractivity contribution is -0.129. The molecule has 0 radical (unpaired) electrons. The zero-order valence-electron chi connectivity index (χ0n) is 11.6. The van der Waals surface area contributed by atoms with Crippen molar-refractivity contribution in [2.24, 2.45) is 5.41 Å². The molecular weight excluding hydrogens is 236 g/mol. The number of amides is 1. The summed E-state index contributed by atoms with van der Waals surface area (Å²) >= 11 is 0. The summed E-state index contributed by atoms with van der Waals surface area (Å²) in [5, 5.41) is 3.37. The topological polar surface area (TPSA) is 32.3 Å². The molecule has 1 N–H and O–H groups in total. The third kappa shape index (κ3) is 2.06. The summed E-state index contributed by atoms with van der Waals surface area (Å²) < 4.78 is 0. The molecule has 0 aliphatic carbocycles. The minimum Gasteiger partial charge on any atom is -0.317 e. The summed E-state index contributed by atoms with van der Waals surface area (Å²) in [5.74, 6) is 0.349. The molecule has 19 heavy (non-hydrogen) atoms. The molecule has 1 saturated heterocycles. The molecule has 0 spiro atoms. The first-order valence-corrected chi connectivity index (χ1v) is 7.37. The molecule has 0 unspecified atom stereocenters. The second-order valence-corrected chi connectivity index (χ2v) is 5.72. The molecule has 1 aromatic rings. The van der Waals surface area contributed by atoms with E-state index in [4.69, 9.17) is 0 Å². The summed E-state index contributed by atoms with van der Waals surface area (Å²) in [4.78, 5) is 15.0. The van der Waals surface area contributed by atoms with Crippen molar-refractivity contribution in [3.63, 3.8) is 0 Å². The molecule has 1 fully saturated rings. The van der Waals surface area contributed by atoms with Crippen molar-refractivity contribution in [2.45, 2.75) is 32.6 Å². The van der Waals surface area contributed by atoms with E-state index in [1.807, 2.05) is 11.0 Å². The molecule has 2 heterocycles. The molecule has 1 aromatic carbocycles. The fraction of sp³-hybridized carbons (Fsp3) is 0.562. The highest BCUT2D eigenvalue weighted by Crippen LogP contribution is 2.38. The van der Waals surface area contributed by atoms with Gasteiger partial charge < -0.3 is 10.2 Å². The highest BCUT2D eigenvalue weighted by Gasteiger charge is 2.42. The molecule has 102 valence electrons.